The monoisotopic (exact) mass is 376 g/mol. The summed E-state index contributed by atoms with van der Waals surface area (Å²) in [6.07, 6.45) is 4.43. The quantitative estimate of drug-likeness (QED) is 0.498. The van der Waals surface area contributed by atoms with Crippen molar-refractivity contribution >= 4 is 22.6 Å². The second-order valence-corrected chi connectivity index (χ2v) is 6.02. The molecule has 0 atom stereocenters. The Labute approximate surface area is 157 Å². The summed E-state index contributed by atoms with van der Waals surface area (Å²) in [4.78, 5) is 38.9. The summed E-state index contributed by atoms with van der Waals surface area (Å²) in [5.74, 6) is -1.27. The van der Waals surface area contributed by atoms with Crippen molar-refractivity contribution in [2.75, 3.05) is 5.73 Å². The van der Waals surface area contributed by atoms with Crippen LogP contribution in [0, 0.1) is 5.82 Å². The van der Waals surface area contributed by atoms with Crippen LogP contribution in [0.15, 0.2) is 53.7 Å². The van der Waals surface area contributed by atoms with E-state index in [1.807, 2.05) is 0 Å². The third-order valence-electron chi connectivity index (χ3n) is 4.23. The van der Waals surface area contributed by atoms with Gasteiger partial charge < -0.3 is 16.5 Å². The zero-order valence-electron chi connectivity index (χ0n) is 14.3. The van der Waals surface area contributed by atoms with Gasteiger partial charge in [-0.15, -0.1) is 0 Å². The number of anilines is 1. The minimum Gasteiger partial charge on any atom is -0.368 e. The number of carbonyl (C=O) groups is 1. The first-order chi connectivity index (χ1) is 13.4. The summed E-state index contributed by atoms with van der Waals surface area (Å²) < 4.78 is 14.6. The number of nitrogen functional groups attached to an aromatic ring is 1. The number of carbonyl (C=O) groups excluding carboxylic acids is 1. The first kappa shape index (κ1) is 17.3. The topological polar surface area (TPSA) is 141 Å². The summed E-state index contributed by atoms with van der Waals surface area (Å²) in [6, 6.07) is 6.98. The Morgan fingerprint density at radius 1 is 1.11 bits per heavy atom. The second kappa shape index (κ2) is 6.54. The molecule has 1 amide bonds. The SMILES string of the molecule is NC(=O)c1ccc(F)c(-c2nc(-c3cnc(N)nc3)cc3cc[nH]c(=O)c23)c1. The molecule has 0 aliphatic carbocycles. The molecule has 28 heavy (non-hydrogen) atoms. The lowest BCUT2D eigenvalue weighted by Gasteiger charge is -2.11. The predicted molar refractivity (Wildman–Crippen MR) is 102 cm³/mol. The summed E-state index contributed by atoms with van der Waals surface area (Å²) in [5.41, 5.74) is 11.5. The van der Waals surface area contributed by atoms with E-state index in [1.54, 1.807) is 12.1 Å². The number of nitrogens with one attached hydrogen (secondary N) is 1. The molecule has 0 aliphatic rings. The number of pyridine rings is 2. The fraction of sp³-hybridized carbons (Fsp3) is 0. The van der Waals surface area contributed by atoms with Crippen molar-refractivity contribution in [3.8, 4) is 22.5 Å². The molecule has 1 aromatic carbocycles. The van der Waals surface area contributed by atoms with Crippen LogP contribution < -0.4 is 17.0 Å². The minimum atomic E-state index is -0.720. The van der Waals surface area contributed by atoms with Crippen LogP contribution in [0.25, 0.3) is 33.3 Å². The van der Waals surface area contributed by atoms with Crippen molar-refractivity contribution in [3.63, 3.8) is 0 Å². The standard InChI is InChI=1S/C19H13FN6O2/c20-13-2-1-10(17(21)27)5-12(13)16-15-9(3-4-23-18(15)28)6-14(26-16)11-7-24-19(22)25-8-11/h1-8H,(H2,21,27)(H,23,28)(H2,22,24,25). The molecule has 138 valence electrons. The van der Waals surface area contributed by atoms with E-state index in [1.165, 1.54) is 30.7 Å². The zero-order valence-corrected chi connectivity index (χ0v) is 14.3. The van der Waals surface area contributed by atoms with Gasteiger partial charge >= 0.3 is 0 Å². The van der Waals surface area contributed by atoms with Gasteiger partial charge in [0.15, 0.2) is 0 Å². The van der Waals surface area contributed by atoms with Crippen LogP contribution in [0.5, 0.6) is 0 Å². The molecule has 0 spiro atoms. The van der Waals surface area contributed by atoms with Crippen molar-refractivity contribution in [2.45, 2.75) is 0 Å². The molecule has 0 radical (unpaired) electrons. The van der Waals surface area contributed by atoms with Crippen LogP contribution >= 0.6 is 0 Å². The molecular weight excluding hydrogens is 363 g/mol. The Kier molecular flexibility index (Phi) is 4.04. The van der Waals surface area contributed by atoms with Crippen LogP contribution in [-0.2, 0) is 0 Å². The largest absolute Gasteiger partial charge is 0.368 e. The average Bonchev–Trinajstić information content (AvgIpc) is 2.68. The van der Waals surface area contributed by atoms with Crippen LogP contribution in [0.1, 0.15) is 10.4 Å². The molecule has 0 fully saturated rings. The molecule has 3 heterocycles. The molecule has 4 aromatic rings. The van der Waals surface area contributed by atoms with Gasteiger partial charge in [0.25, 0.3) is 5.56 Å². The maximum atomic E-state index is 14.6. The van der Waals surface area contributed by atoms with Gasteiger partial charge in [0.05, 0.1) is 16.8 Å². The maximum Gasteiger partial charge on any atom is 0.258 e. The molecule has 0 bridgehead atoms. The van der Waals surface area contributed by atoms with Crippen molar-refractivity contribution in [1.82, 2.24) is 19.9 Å². The van der Waals surface area contributed by atoms with Gasteiger partial charge in [-0.3, -0.25) is 9.59 Å². The van der Waals surface area contributed by atoms with Crippen LogP contribution in [0.2, 0.25) is 0 Å². The number of primary amides is 1. The average molecular weight is 376 g/mol. The normalized spacial score (nSPS) is 10.9. The van der Waals surface area contributed by atoms with E-state index >= 15 is 0 Å². The lowest BCUT2D eigenvalue weighted by molar-refractivity contribution is 0.100. The first-order valence-corrected chi connectivity index (χ1v) is 8.14. The van der Waals surface area contributed by atoms with Gasteiger partial charge in [-0.25, -0.2) is 19.3 Å². The third-order valence-corrected chi connectivity index (χ3v) is 4.23. The van der Waals surface area contributed by atoms with Crippen molar-refractivity contribution in [2.24, 2.45) is 5.73 Å². The van der Waals surface area contributed by atoms with Crippen molar-refractivity contribution in [3.05, 3.63) is 70.7 Å². The summed E-state index contributed by atoms with van der Waals surface area (Å²) >= 11 is 0. The smallest absolute Gasteiger partial charge is 0.258 e. The predicted octanol–water partition coefficient (Wildman–Crippen LogP) is 1.87. The highest BCUT2D eigenvalue weighted by Gasteiger charge is 2.17. The Morgan fingerprint density at radius 3 is 2.57 bits per heavy atom. The number of hydrogen-bond donors (Lipinski definition) is 3. The Morgan fingerprint density at radius 2 is 1.86 bits per heavy atom. The molecule has 5 N–H and O–H groups in total. The number of aromatic amines is 1. The maximum absolute atomic E-state index is 14.6. The summed E-state index contributed by atoms with van der Waals surface area (Å²) in [6.45, 7) is 0. The fourth-order valence-corrected chi connectivity index (χ4v) is 2.89. The number of nitrogens with zero attached hydrogens (tertiary/aromatic N) is 3. The number of fused-ring (bicyclic) bond motifs is 1. The Hall–Kier alpha value is -4.14. The van der Waals surface area contributed by atoms with Gasteiger partial charge in [0.1, 0.15) is 5.82 Å². The van der Waals surface area contributed by atoms with Gasteiger partial charge in [0.2, 0.25) is 11.9 Å². The van der Waals surface area contributed by atoms with Crippen LogP contribution in [0.3, 0.4) is 0 Å². The van der Waals surface area contributed by atoms with E-state index in [0.29, 0.717) is 16.6 Å². The first-order valence-electron chi connectivity index (χ1n) is 8.14. The highest BCUT2D eigenvalue weighted by molar-refractivity contribution is 5.99. The van der Waals surface area contributed by atoms with Gasteiger partial charge in [-0.2, -0.15) is 0 Å². The number of halogens is 1. The highest BCUT2D eigenvalue weighted by atomic mass is 19.1. The molecule has 3 aromatic heterocycles. The number of rotatable bonds is 3. The van der Waals surface area contributed by atoms with E-state index in [4.69, 9.17) is 11.5 Å². The second-order valence-electron chi connectivity index (χ2n) is 6.02. The van der Waals surface area contributed by atoms with E-state index in [-0.39, 0.29) is 28.2 Å². The highest BCUT2D eigenvalue weighted by Crippen LogP contribution is 2.31. The number of H-pyrrole nitrogens is 1. The van der Waals surface area contributed by atoms with Gasteiger partial charge in [0, 0.05) is 35.3 Å². The molecule has 0 aliphatic heterocycles. The molecule has 9 heteroatoms. The van der Waals surface area contributed by atoms with Crippen molar-refractivity contribution < 1.29 is 9.18 Å². The zero-order chi connectivity index (χ0) is 19.8. The lowest BCUT2D eigenvalue weighted by atomic mass is 10.0. The van der Waals surface area contributed by atoms with Crippen LogP contribution in [-0.4, -0.2) is 25.8 Å². The number of hydrogen-bond acceptors (Lipinski definition) is 6. The van der Waals surface area contributed by atoms with Gasteiger partial charge in [-0.1, -0.05) is 0 Å². The van der Waals surface area contributed by atoms with E-state index in [2.05, 4.69) is 19.9 Å². The number of nitrogens with two attached hydrogens (primary N) is 2. The summed E-state index contributed by atoms with van der Waals surface area (Å²) in [5, 5.41) is 0.715. The van der Waals surface area contributed by atoms with E-state index in [0.717, 1.165) is 6.07 Å². The van der Waals surface area contributed by atoms with Crippen LogP contribution in [0.4, 0.5) is 10.3 Å². The van der Waals surface area contributed by atoms with E-state index in [9.17, 15) is 14.0 Å². The Balaban J connectivity index is 2.07. The molecule has 4 rings (SSSR count). The fourth-order valence-electron chi connectivity index (χ4n) is 2.89. The third kappa shape index (κ3) is 2.94. The van der Waals surface area contributed by atoms with Gasteiger partial charge in [-0.05, 0) is 35.7 Å². The molecule has 8 nitrogen and oxygen atoms in total. The molecule has 0 saturated carbocycles. The number of amides is 1. The number of aromatic nitrogens is 4. The Bertz CT molecular complexity index is 1280. The molecule has 0 saturated heterocycles. The minimum absolute atomic E-state index is 0.0174. The molecular formula is C19H13FN6O2. The summed E-state index contributed by atoms with van der Waals surface area (Å²) in [7, 11) is 0. The number of benzene rings is 1. The lowest BCUT2D eigenvalue weighted by Crippen LogP contribution is -2.12. The van der Waals surface area contributed by atoms with Crippen molar-refractivity contribution in [1.29, 1.82) is 0 Å². The molecule has 0 unspecified atom stereocenters. The van der Waals surface area contributed by atoms with E-state index < -0.39 is 17.3 Å².